The van der Waals surface area contributed by atoms with Crippen LogP contribution in [0.2, 0.25) is 0 Å². The molecule has 0 amide bonds. The van der Waals surface area contributed by atoms with Gasteiger partial charge in [0, 0.05) is 12.6 Å². The second-order valence-corrected chi connectivity index (χ2v) is 4.75. The van der Waals surface area contributed by atoms with Crippen molar-refractivity contribution < 1.29 is 9.47 Å². The van der Waals surface area contributed by atoms with Gasteiger partial charge in [0.2, 0.25) is 0 Å². The molecule has 0 spiro atoms. The molecule has 0 fully saturated rings. The van der Waals surface area contributed by atoms with Crippen LogP contribution in [0, 0.1) is 0 Å². The highest BCUT2D eigenvalue weighted by atomic mass is 16.5. The largest absolute Gasteiger partial charge is 0.497 e. The molecular formula is C15H25NO2. The van der Waals surface area contributed by atoms with Crippen molar-refractivity contribution >= 4 is 0 Å². The van der Waals surface area contributed by atoms with E-state index in [4.69, 9.17) is 9.47 Å². The van der Waals surface area contributed by atoms with Gasteiger partial charge in [0.15, 0.2) is 0 Å². The molecule has 0 radical (unpaired) electrons. The molecule has 102 valence electrons. The molecule has 0 aliphatic carbocycles. The van der Waals surface area contributed by atoms with Crippen LogP contribution in [0.3, 0.4) is 0 Å². The van der Waals surface area contributed by atoms with Gasteiger partial charge in [0.05, 0.1) is 19.8 Å². The number of hydrogen-bond acceptors (Lipinski definition) is 3. The first-order valence-electron chi connectivity index (χ1n) is 6.63. The second kappa shape index (κ2) is 8.11. The fourth-order valence-electron chi connectivity index (χ4n) is 1.62. The van der Waals surface area contributed by atoms with Crippen LogP contribution in [0.5, 0.6) is 5.75 Å². The minimum Gasteiger partial charge on any atom is -0.497 e. The molecule has 1 aromatic carbocycles. The van der Waals surface area contributed by atoms with Crippen LogP contribution in [0.4, 0.5) is 0 Å². The van der Waals surface area contributed by atoms with Crippen LogP contribution in [0.25, 0.3) is 0 Å². The summed E-state index contributed by atoms with van der Waals surface area (Å²) < 4.78 is 11.0. The zero-order valence-corrected chi connectivity index (χ0v) is 11.9. The van der Waals surface area contributed by atoms with Gasteiger partial charge < -0.3 is 14.8 Å². The van der Waals surface area contributed by atoms with Gasteiger partial charge in [-0.3, -0.25) is 0 Å². The second-order valence-electron chi connectivity index (χ2n) is 4.75. The number of methoxy groups -OCH3 is 1. The van der Waals surface area contributed by atoms with E-state index in [9.17, 15) is 0 Å². The van der Waals surface area contributed by atoms with Crippen molar-refractivity contribution in [2.75, 3.05) is 13.7 Å². The van der Waals surface area contributed by atoms with Crippen molar-refractivity contribution in [2.24, 2.45) is 0 Å². The lowest BCUT2D eigenvalue weighted by Crippen LogP contribution is -2.33. The predicted molar refractivity (Wildman–Crippen MR) is 75.0 cm³/mol. The number of nitrogens with one attached hydrogen (secondary N) is 1. The molecule has 0 bridgehead atoms. The summed E-state index contributed by atoms with van der Waals surface area (Å²) in [5.74, 6) is 0.882. The lowest BCUT2D eigenvalue weighted by atomic mass is 10.2. The Kier molecular flexibility index (Phi) is 6.76. The molecule has 3 nitrogen and oxygen atoms in total. The van der Waals surface area contributed by atoms with Crippen LogP contribution >= 0.6 is 0 Å². The average Bonchev–Trinajstić information content (AvgIpc) is 2.39. The zero-order valence-electron chi connectivity index (χ0n) is 11.9. The third-order valence-corrected chi connectivity index (χ3v) is 2.85. The Labute approximate surface area is 110 Å². The Morgan fingerprint density at radius 3 is 2.33 bits per heavy atom. The Morgan fingerprint density at radius 2 is 1.83 bits per heavy atom. The Balaban J connectivity index is 2.36. The molecule has 3 heteroatoms. The van der Waals surface area contributed by atoms with E-state index in [0.717, 1.165) is 18.7 Å². The van der Waals surface area contributed by atoms with E-state index in [1.807, 2.05) is 24.3 Å². The number of rotatable bonds is 8. The smallest absolute Gasteiger partial charge is 0.118 e. The molecule has 1 rings (SSSR count). The summed E-state index contributed by atoms with van der Waals surface area (Å²) in [6.45, 7) is 8.01. The van der Waals surface area contributed by atoms with Crippen molar-refractivity contribution in [3.05, 3.63) is 29.8 Å². The van der Waals surface area contributed by atoms with Gasteiger partial charge in [-0.1, -0.05) is 32.9 Å². The summed E-state index contributed by atoms with van der Waals surface area (Å²) in [6.07, 6.45) is 1.30. The van der Waals surface area contributed by atoms with Crippen LogP contribution < -0.4 is 10.1 Å². The summed E-state index contributed by atoms with van der Waals surface area (Å²) in [7, 11) is 1.68. The molecule has 18 heavy (non-hydrogen) atoms. The third kappa shape index (κ3) is 5.52. The summed E-state index contributed by atoms with van der Waals surface area (Å²) >= 11 is 0. The van der Waals surface area contributed by atoms with Crippen molar-refractivity contribution in [3.8, 4) is 5.75 Å². The molecule has 0 saturated heterocycles. The number of ether oxygens (including phenoxy) is 2. The quantitative estimate of drug-likeness (QED) is 0.770. The van der Waals surface area contributed by atoms with E-state index in [1.54, 1.807) is 7.11 Å². The minimum atomic E-state index is 0.273. The van der Waals surface area contributed by atoms with Gasteiger partial charge in [0.25, 0.3) is 0 Å². The molecule has 1 atom stereocenters. The lowest BCUT2D eigenvalue weighted by Gasteiger charge is -2.18. The standard InChI is InChI=1S/C15H25NO2/c1-5-14(10-16-12(2)3)18-11-13-6-8-15(17-4)9-7-13/h6-9,12,14,16H,5,10-11H2,1-4H3. The van der Waals surface area contributed by atoms with Gasteiger partial charge in [-0.05, 0) is 24.1 Å². The molecule has 1 aromatic rings. The molecule has 0 heterocycles. The highest BCUT2D eigenvalue weighted by Gasteiger charge is 2.07. The Morgan fingerprint density at radius 1 is 1.17 bits per heavy atom. The van der Waals surface area contributed by atoms with Gasteiger partial charge in [-0.25, -0.2) is 0 Å². The molecule has 1 unspecified atom stereocenters. The lowest BCUT2D eigenvalue weighted by molar-refractivity contribution is 0.0372. The van der Waals surface area contributed by atoms with Crippen LogP contribution in [0.15, 0.2) is 24.3 Å². The van der Waals surface area contributed by atoms with Gasteiger partial charge in [0.1, 0.15) is 5.75 Å². The normalized spacial score (nSPS) is 12.7. The summed E-state index contributed by atoms with van der Waals surface area (Å²) in [5, 5.41) is 3.41. The van der Waals surface area contributed by atoms with E-state index in [0.29, 0.717) is 12.6 Å². The van der Waals surface area contributed by atoms with E-state index in [1.165, 1.54) is 5.56 Å². The highest BCUT2D eigenvalue weighted by Crippen LogP contribution is 2.13. The maximum Gasteiger partial charge on any atom is 0.118 e. The number of benzene rings is 1. The van der Waals surface area contributed by atoms with Gasteiger partial charge in [-0.2, -0.15) is 0 Å². The predicted octanol–water partition coefficient (Wildman–Crippen LogP) is 2.99. The zero-order chi connectivity index (χ0) is 13.4. The minimum absolute atomic E-state index is 0.273. The maximum atomic E-state index is 5.90. The van der Waals surface area contributed by atoms with Crippen molar-refractivity contribution in [1.82, 2.24) is 5.32 Å². The van der Waals surface area contributed by atoms with E-state index >= 15 is 0 Å². The Bertz CT molecular complexity index is 322. The average molecular weight is 251 g/mol. The van der Waals surface area contributed by atoms with E-state index in [-0.39, 0.29) is 6.10 Å². The summed E-state index contributed by atoms with van der Waals surface area (Å²) in [6, 6.07) is 8.52. The van der Waals surface area contributed by atoms with Crippen molar-refractivity contribution in [2.45, 2.75) is 45.9 Å². The maximum absolute atomic E-state index is 5.90. The SMILES string of the molecule is CCC(CNC(C)C)OCc1ccc(OC)cc1. The fourth-order valence-corrected chi connectivity index (χ4v) is 1.62. The summed E-state index contributed by atoms with van der Waals surface area (Å²) in [5.41, 5.74) is 1.18. The van der Waals surface area contributed by atoms with Crippen LogP contribution in [0.1, 0.15) is 32.8 Å². The molecule has 1 N–H and O–H groups in total. The fraction of sp³-hybridized carbons (Fsp3) is 0.600. The first-order chi connectivity index (χ1) is 8.65. The topological polar surface area (TPSA) is 30.5 Å². The molecular weight excluding hydrogens is 226 g/mol. The molecule has 0 aliphatic rings. The number of hydrogen-bond donors (Lipinski definition) is 1. The van der Waals surface area contributed by atoms with E-state index < -0.39 is 0 Å². The third-order valence-electron chi connectivity index (χ3n) is 2.85. The monoisotopic (exact) mass is 251 g/mol. The van der Waals surface area contributed by atoms with Gasteiger partial charge in [-0.15, -0.1) is 0 Å². The van der Waals surface area contributed by atoms with Crippen LogP contribution in [-0.4, -0.2) is 25.8 Å². The van der Waals surface area contributed by atoms with Crippen molar-refractivity contribution in [3.63, 3.8) is 0 Å². The van der Waals surface area contributed by atoms with Crippen molar-refractivity contribution in [1.29, 1.82) is 0 Å². The highest BCUT2D eigenvalue weighted by molar-refractivity contribution is 5.26. The molecule has 0 saturated carbocycles. The van der Waals surface area contributed by atoms with E-state index in [2.05, 4.69) is 26.1 Å². The first-order valence-corrected chi connectivity index (χ1v) is 6.63. The Hall–Kier alpha value is -1.06. The first kappa shape index (κ1) is 15.0. The molecule has 0 aromatic heterocycles. The van der Waals surface area contributed by atoms with Gasteiger partial charge >= 0.3 is 0 Å². The van der Waals surface area contributed by atoms with Crippen LogP contribution in [-0.2, 0) is 11.3 Å². The molecule has 0 aliphatic heterocycles. The summed E-state index contributed by atoms with van der Waals surface area (Å²) in [4.78, 5) is 0.